The zero-order valence-corrected chi connectivity index (χ0v) is 13.9. The van der Waals surface area contributed by atoms with Crippen LogP contribution in [0.5, 0.6) is 0 Å². The Morgan fingerprint density at radius 2 is 1.95 bits per heavy atom. The van der Waals surface area contributed by atoms with Crippen molar-refractivity contribution in [1.82, 2.24) is 0 Å². The van der Waals surface area contributed by atoms with E-state index in [0.717, 1.165) is 28.2 Å². The van der Waals surface area contributed by atoms with Crippen molar-refractivity contribution in [2.45, 2.75) is 53.9 Å². The van der Waals surface area contributed by atoms with Crippen LogP contribution in [-0.2, 0) is 0 Å². The third kappa shape index (κ3) is 2.69. The van der Waals surface area contributed by atoms with Crippen LogP contribution in [0.2, 0.25) is 0 Å². The fraction of sp³-hybridized carbons (Fsp3) is 0.588. The number of hydrogen-bond acceptors (Lipinski definition) is 2. The lowest BCUT2D eigenvalue weighted by atomic mass is 9.77. The second-order valence-corrected chi connectivity index (χ2v) is 7.70. The van der Waals surface area contributed by atoms with Crippen LogP contribution in [0.3, 0.4) is 0 Å². The molecule has 0 amide bonds. The van der Waals surface area contributed by atoms with Gasteiger partial charge in [0.25, 0.3) is 0 Å². The van der Waals surface area contributed by atoms with Crippen LogP contribution in [0, 0.1) is 25.7 Å². The van der Waals surface area contributed by atoms with E-state index in [9.17, 15) is 9.90 Å². The number of carboxylic acid groups (broad SMARTS) is 1. The lowest BCUT2D eigenvalue weighted by Crippen LogP contribution is -2.13. The summed E-state index contributed by atoms with van der Waals surface area (Å²) in [5.41, 5.74) is 4.34. The molecule has 110 valence electrons. The molecular formula is C17H24O2S. The van der Waals surface area contributed by atoms with Crippen LogP contribution in [0.15, 0.2) is 5.57 Å². The molecule has 2 nitrogen and oxygen atoms in total. The molecule has 1 aromatic heterocycles. The second kappa shape index (κ2) is 5.72. The van der Waals surface area contributed by atoms with E-state index in [1.165, 1.54) is 17.6 Å². The van der Waals surface area contributed by atoms with E-state index in [0.29, 0.717) is 17.4 Å². The lowest BCUT2D eigenvalue weighted by Gasteiger charge is -2.28. The highest BCUT2D eigenvalue weighted by molar-refractivity contribution is 7.12. The molecule has 1 atom stereocenters. The minimum absolute atomic E-state index is 0.499. The van der Waals surface area contributed by atoms with Crippen LogP contribution >= 0.6 is 11.3 Å². The molecule has 0 bridgehead atoms. The number of allylic oxidation sites excluding steroid dienone is 2. The molecule has 3 heteroatoms. The van der Waals surface area contributed by atoms with Gasteiger partial charge in [-0.3, -0.25) is 0 Å². The van der Waals surface area contributed by atoms with E-state index in [-0.39, 0.29) is 0 Å². The molecule has 1 N–H and O–H groups in total. The monoisotopic (exact) mass is 292 g/mol. The molecular weight excluding hydrogens is 268 g/mol. The maximum atomic E-state index is 11.6. The number of carbonyl (C=O) groups is 1. The molecule has 0 aromatic carbocycles. The Labute approximate surface area is 125 Å². The summed E-state index contributed by atoms with van der Waals surface area (Å²) in [5, 5.41) is 9.57. The van der Waals surface area contributed by atoms with Gasteiger partial charge in [-0.25, -0.2) is 4.79 Å². The predicted octanol–water partition coefficient (Wildman–Crippen LogP) is 5.29. The van der Waals surface area contributed by atoms with Crippen LogP contribution in [0.1, 0.15) is 65.7 Å². The molecule has 1 heterocycles. The van der Waals surface area contributed by atoms with Crippen molar-refractivity contribution < 1.29 is 9.90 Å². The summed E-state index contributed by atoms with van der Waals surface area (Å²) in [5.74, 6) is 0.364. The quantitative estimate of drug-likeness (QED) is 0.821. The van der Waals surface area contributed by atoms with Gasteiger partial charge in [-0.2, -0.15) is 0 Å². The first-order valence-corrected chi connectivity index (χ1v) is 8.20. The highest BCUT2D eigenvalue weighted by Crippen LogP contribution is 2.43. The molecule has 0 radical (unpaired) electrons. The second-order valence-electron chi connectivity index (χ2n) is 6.28. The van der Waals surface area contributed by atoms with Crippen molar-refractivity contribution in [2.75, 3.05) is 0 Å². The number of aryl methyl sites for hydroxylation is 2. The Morgan fingerprint density at radius 3 is 2.50 bits per heavy atom. The molecule has 0 saturated carbocycles. The van der Waals surface area contributed by atoms with Crippen molar-refractivity contribution in [3.05, 3.63) is 26.5 Å². The fourth-order valence-corrected chi connectivity index (χ4v) is 4.42. The number of rotatable bonds is 3. The number of hydrogen-bond donors (Lipinski definition) is 1. The fourth-order valence-electron chi connectivity index (χ4n) is 3.34. The normalized spacial score (nSPS) is 19.8. The zero-order chi connectivity index (χ0) is 15.0. The molecule has 1 aliphatic carbocycles. The first-order chi connectivity index (χ1) is 9.32. The van der Waals surface area contributed by atoms with E-state index in [1.54, 1.807) is 11.3 Å². The molecule has 0 fully saturated rings. The summed E-state index contributed by atoms with van der Waals surface area (Å²) in [4.78, 5) is 13.7. The Morgan fingerprint density at radius 1 is 1.30 bits per heavy atom. The largest absolute Gasteiger partial charge is 0.478 e. The summed E-state index contributed by atoms with van der Waals surface area (Å²) in [6.45, 7) is 10.7. The predicted molar refractivity (Wildman–Crippen MR) is 85.5 cm³/mol. The van der Waals surface area contributed by atoms with E-state index in [1.807, 2.05) is 6.92 Å². The van der Waals surface area contributed by atoms with Crippen LogP contribution < -0.4 is 0 Å². The van der Waals surface area contributed by atoms with Gasteiger partial charge in [0, 0.05) is 15.3 Å². The first-order valence-electron chi connectivity index (χ1n) is 7.38. The van der Waals surface area contributed by atoms with Crippen molar-refractivity contribution in [2.24, 2.45) is 11.8 Å². The average Bonchev–Trinajstić information content (AvgIpc) is 2.63. The van der Waals surface area contributed by atoms with Gasteiger partial charge in [0.1, 0.15) is 0 Å². The van der Waals surface area contributed by atoms with Gasteiger partial charge in [0.05, 0.1) is 5.56 Å². The minimum atomic E-state index is -0.782. The van der Waals surface area contributed by atoms with Gasteiger partial charge in [-0.05, 0) is 50.5 Å². The van der Waals surface area contributed by atoms with E-state index < -0.39 is 5.97 Å². The van der Waals surface area contributed by atoms with Gasteiger partial charge in [0.15, 0.2) is 0 Å². The average molecular weight is 292 g/mol. The minimum Gasteiger partial charge on any atom is -0.478 e. The number of thiophene rings is 1. The number of aromatic carboxylic acids is 1. The van der Waals surface area contributed by atoms with Crippen molar-refractivity contribution in [3.63, 3.8) is 0 Å². The Bertz CT molecular complexity index is 564. The molecule has 0 saturated heterocycles. The summed E-state index contributed by atoms with van der Waals surface area (Å²) >= 11 is 1.62. The standard InChI is InChI=1S/C17H24O2S/c1-9(2)13-7-6-10(3)8-14(13)15-11(4)20-12(5)16(15)17(18)19/h9-10H,6-8H2,1-5H3,(H,18,19). The topological polar surface area (TPSA) is 37.3 Å². The highest BCUT2D eigenvalue weighted by atomic mass is 32.1. The van der Waals surface area contributed by atoms with Crippen molar-refractivity contribution in [3.8, 4) is 0 Å². The van der Waals surface area contributed by atoms with Crippen LogP contribution in [0.25, 0.3) is 5.57 Å². The van der Waals surface area contributed by atoms with Gasteiger partial charge in [-0.1, -0.05) is 26.3 Å². The summed E-state index contributed by atoms with van der Waals surface area (Å²) in [7, 11) is 0. The van der Waals surface area contributed by atoms with Gasteiger partial charge in [0.2, 0.25) is 0 Å². The summed E-state index contributed by atoms with van der Waals surface area (Å²) in [6.07, 6.45) is 3.36. The van der Waals surface area contributed by atoms with Gasteiger partial charge in [-0.15, -0.1) is 11.3 Å². The molecule has 20 heavy (non-hydrogen) atoms. The smallest absolute Gasteiger partial charge is 0.337 e. The Kier molecular flexibility index (Phi) is 4.38. The van der Waals surface area contributed by atoms with Crippen molar-refractivity contribution >= 4 is 22.9 Å². The molecule has 1 aromatic rings. The maximum Gasteiger partial charge on any atom is 0.337 e. The van der Waals surface area contributed by atoms with Gasteiger partial charge >= 0.3 is 5.97 Å². The van der Waals surface area contributed by atoms with Crippen molar-refractivity contribution in [1.29, 1.82) is 0 Å². The molecule has 2 rings (SSSR count). The van der Waals surface area contributed by atoms with Gasteiger partial charge < -0.3 is 5.11 Å². The Balaban J connectivity index is 2.67. The zero-order valence-electron chi connectivity index (χ0n) is 13.0. The Hall–Kier alpha value is -1.09. The third-order valence-corrected chi connectivity index (χ3v) is 5.34. The highest BCUT2D eigenvalue weighted by Gasteiger charge is 2.28. The van der Waals surface area contributed by atoms with Crippen LogP contribution in [-0.4, -0.2) is 11.1 Å². The van der Waals surface area contributed by atoms with E-state index in [2.05, 4.69) is 27.7 Å². The molecule has 0 aliphatic heterocycles. The lowest BCUT2D eigenvalue weighted by molar-refractivity contribution is 0.0696. The van der Waals surface area contributed by atoms with E-state index in [4.69, 9.17) is 0 Å². The molecule has 0 spiro atoms. The molecule has 1 aliphatic rings. The third-order valence-electron chi connectivity index (χ3n) is 4.32. The van der Waals surface area contributed by atoms with Crippen LogP contribution in [0.4, 0.5) is 0 Å². The maximum absolute atomic E-state index is 11.6. The summed E-state index contributed by atoms with van der Waals surface area (Å²) in [6, 6.07) is 0. The number of carboxylic acids is 1. The summed E-state index contributed by atoms with van der Waals surface area (Å²) < 4.78 is 0. The SMILES string of the molecule is Cc1sc(C)c(C2=C(C(C)C)CCC(C)C2)c1C(=O)O. The first kappa shape index (κ1) is 15.3. The van der Waals surface area contributed by atoms with E-state index >= 15 is 0 Å². The molecule has 1 unspecified atom stereocenters.